The normalized spacial score (nSPS) is 12.4. The molecule has 1 N–H and O–H groups in total. The molecule has 4 heteroatoms. The number of aliphatic hydroxyl groups is 1. The minimum Gasteiger partial charge on any atom is -0.499 e. The SMILES string of the molecule is C=COCCOCCOCCC(C)O. The number of ether oxygens (including phenoxy) is 3. The van der Waals surface area contributed by atoms with Crippen molar-refractivity contribution in [3.8, 4) is 0 Å². The summed E-state index contributed by atoms with van der Waals surface area (Å²) in [7, 11) is 0. The molecule has 0 amide bonds. The third-order valence-electron chi connectivity index (χ3n) is 1.52. The Kier molecular flexibility index (Phi) is 10.1. The molecule has 14 heavy (non-hydrogen) atoms. The highest BCUT2D eigenvalue weighted by molar-refractivity contribution is 4.48. The second-order valence-electron chi connectivity index (χ2n) is 2.90. The lowest BCUT2D eigenvalue weighted by Gasteiger charge is -2.06. The van der Waals surface area contributed by atoms with E-state index in [0.29, 0.717) is 39.5 Å². The Labute approximate surface area is 85.5 Å². The van der Waals surface area contributed by atoms with E-state index < -0.39 is 0 Å². The highest BCUT2D eigenvalue weighted by Crippen LogP contribution is 1.90. The van der Waals surface area contributed by atoms with Crippen LogP contribution in [0.5, 0.6) is 0 Å². The molecule has 84 valence electrons. The van der Waals surface area contributed by atoms with Crippen LogP contribution in [0.25, 0.3) is 0 Å². The third-order valence-corrected chi connectivity index (χ3v) is 1.52. The highest BCUT2D eigenvalue weighted by Gasteiger charge is 1.95. The maximum Gasteiger partial charge on any atom is 0.111 e. The van der Waals surface area contributed by atoms with Crippen LogP contribution in [0.3, 0.4) is 0 Å². The van der Waals surface area contributed by atoms with Crippen molar-refractivity contribution in [1.29, 1.82) is 0 Å². The van der Waals surface area contributed by atoms with Crippen molar-refractivity contribution >= 4 is 0 Å². The van der Waals surface area contributed by atoms with Gasteiger partial charge in [0.15, 0.2) is 0 Å². The summed E-state index contributed by atoms with van der Waals surface area (Å²) in [6.07, 6.45) is 1.76. The standard InChI is InChI=1S/C10H20O4/c1-3-12-6-7-14-9-8-13-5-4-10(2)11/h3,10-11H,1,4-9H2,2H3. The molecule has 0 aromatic carbocycles. The molecule has 0 radical (unpaired) electrons. The van der Waals surface area contributed by atoms with E-state index in [9.17, 15) is 0 Å². The summed E-state index contributed by atoms with van der Waals surface area (Å²) in [6, 6.07) is 0. The van der Waals surface area contributed by atoms with Crippen molar-refractivity contribution in [2.45, 2.75) is 19.4 Å². The van der Waals surface area contributed by atoms with Gasteiger partial charge in [-0.3, -0.25) is 0 Å². The van der Waals surface area contributed by atoms with Crippen LogP contribution in [0.1, 0.15) is 13.3 Å². The molecule has 0 aromatic heterocycles. The predicted octanol–water partition coefficient (Wildman–Crippen LogP) is 0.951. The molecule has 0 fully saturated rings. The first-order valence-corrected chi connectivity index (χ1v) is 4.83. The first-order valence-electron chi connectivity index (χ1n) is 4.83. The summed E-state index contributed by atoms with van der Waals surface area (Å²) >= 11 is 0. The van der Waals surface area contributed by atoms with Crippen LogP contribution < -0.4 is 0 Å². The van der Waals surface area contributed by atoms with Gasteiger partial charge in [-0.1, -0.05) is 6.58 Å². The molecule has 0 saturated carbocycles. The number of hydrogen-bond acceptors (Lipinski definition) is 4. The predicted molar refractivity (Wildman–Crippen MR) is 54.1 cm³/mol. The second kappa shape index (κ2) is 10.5. The number of hydrogen-bond donors (Lipinski definition) is 1. The Bertz CT molecular complexity index is 125. The summed E-state index contributed by atoms with van der Waals surface area (Å²) in [4.78, 5) is 0. The molecular formula is C10H20O4. The Morgan fingerprint density at radius 2 is 1.71 bits per heavy atom. The van der Waals surface area contributed by atoms with Crippen LogP contribution in [-0.4, -0.2) is 44.2 Å². The Morgan fingerprint density at radius 1 is 1.14 bits per heavy atom. The van der Waals surface area contributed by atoms with E-state index in [0.717, 1.165) is 0 Å². The van der Waals surface area contributed by atoms with Crippen LogP contribution in [0.15, 0.2) is 12.8 Å². The quantitative estimate of drug-likeness (QED) is 0.425. The van der Waals surface area contributed by atoms with Crippen LogP contribution in [0.2, 0.25) is 0 Å². The summed E-state index contributed by atoms with van der Waals surface area (Å²) < 4.78 is 15.2. The Balaban J connectivity index is 2.88. The van der Waals surface area contributed by atoms with Crippen molar-refractivity contribution in [2.75, 3.05) is 33.0 Å². The Morgan fingerprint density at radius 3 is 2.29 bits per heavy atom. The van der Waals surface area contributed by atoms with E-state index in [1.54, 1.807) is 6.92 Å². The molecule has 0 heterocycles. The van der Waals surface area contributed by atoms with Crippen LogP contribution in [-0.2, 0) is 14.2 Å². The summed E-state index contributed by atoms with van der Waals surface area (Å²) in [5.74, 6) is 0. The fourth-order valence-corrected chi connectivity index (χ4v) is 0.766. The van der Waals surface area contributed by atoms with Crippen molar-refractivity contribution in [2.24, 2.45) is 0 Å². The monoisotopic (exact) mass is 204 g/mol. The molecule has 0 bridgehead atoms. The van der Waals surface area contributed by atoms with E-state index in [1.807, 2.05) is 0 Å². The maximum atomic E-state index is 8.92. The summed E-state index contributed by atoms with van der Waals surface area (Å²) in [5.41, 5.74) is 0. The van der Waals surface area contributed by atoms with Gasteiger partial charge < -0.3 is 19.3 Å². The topological polar surface area (TPSA) is 47.9 Å². The van der Waals surface area contributed by atoms with Gasteiger partial charge in [-0.25, -0.2) is 0 Å². The molecule has 1 unspecified atom stereocenters. The molecular weight excluding hydrogens is 184 g/mol. The molecule has 4 nitrogen and oxygen atoms in total. The van der Waals surface area contributed by atoms with E-state index in [-0.39, 0.29) is 6.10 Å². The number of rotatable bonds is 10. The van der Waals surface area contributed by atoms with Gasteiger partial charge in [0, 0.05) is 6.61 Å². The smallest absolute Gasteiger partial charge is 0.111 e. The van der Waals surface area contributed by atoms with Gasteiger partial charge >= 0.3 is 0 Å². The van der Waals surface area contributed by atoms with E-state index in [4.69, 9.17) is 19.3 Å². The number of aliphatic hydroxyl groups excluding tert-OH is 1. The van der Waals surface area contributed by atoms with Gasteiger partial charge in [0.1, 0.15) is 6.61 Å². The molecule has 0 rings (SSSR count). The maximum absolute atomic E-state index is 8.92. The molecule has 0 spiro atoms. The van der Waals surface area contributed by atoms with E-state index >= 15 is 0 Å². The average Bonchev–Trinajstić information content (AvgIpc) is 2.15. The van der Waals surface area contributed by atoms with Gasteiger partial charge in [0.05, 0.1) is 32.2 Å². The van der Waals surface area contributed by atoms with Crippen molar-refractivity contribution in [3.05, 3.63) is 12.8 Å². The zero-order chi connectivity index (χ0) is 10.6. The van der Waals surface area contributed by atoms with Gasteiger partial charge in [-0.05, 0) is 13.3 Å². The molecule has 0 aromatic rings. The molecule has 0 aliphatic rings. The average molecular weight is 204 g/mol. The zero-order valence-corrected chi connectivity index (χ0v) is 8.78. The van der Waals surface area contributed by atoms with Gasteiger partial charge in [0.2, 0.25) is 0 Å². The van der Waals surface area contributed by atoms with Crippen LogP contribution in [0.4, 0.5) is 0 Å². The van der Waals surface area contributed by atoms with E-state index in [2.05, 4.69) is 6.58 Å². The molecule has 0 saturated heterocycles. The summed E-state index contributed by atoms with van der Waals surface area (Å²) in [5, 5.41) is 8.92. The van der Waals surface area contributed by atoms with Gasteiger partial charge in [-0.15, -0.1) is 0 Å². The van der Waals surface area contributed by atoms with Crippen LogP contribution >= 0.6 is 0 Å². The minimum atomic E-state index is -0.295. The molecule has 1 atom stereocenters. The van der Waals surface area contributed by atoms with E-state index in [1.165, 1.54) is 6.26 Å². The van der Waals surface area contributed by atoms with Crippen molar-refractivity contribution < 1.29 is 19.3 Å². The Hall–Kier alpha value is -0.580. The fourth-order valence-electron chi connectivity index (χ4n) is 0.766. The zero-order valence-electron chi connectivity index (χ0n) is 8.78. The minimum absolute atomic E-state index is 0.295. The highest BCUT2D eigenvalue weighted by atomic mass is 16.5. The van der Waals surface area contributed by atoms with Gasteiger partial charge in [-0.2, -0.15) is 0 Å². The molecule has 0 aliphatic carbocycles. The van der Waals surface area contributed by atoms with Crippen LogP contribution in [0, 0.1) is 0 Å². The van der Waals surface area contributed by atoms with Crippen molar-refractivity contribution in [1.82, 2.24) is 0 Å². The lowest BCUT2D eigenvalue weighted by Crippen LogP contribution is -2.11. The lowest BCUT2D eigenvalue weighted by atomic mass is 10.3. The third kappa shape index (κ3) is 11.4. The second-order valence-corrected chi connectivity index (χ2v) is 2.90. The van der Waals surface area contributed by atoms with Gasteiger partial charge in [0.25, 0.3) is 0 Å². The first kappa shape index (κ1) is 13.4. The lowest BCUT2D eigenvalue weighted by molar-refractivity contribution is 0.0219. The fraction of sp³-hybridized carbons (Fsp3) is 0.800. The van der Waals surface area contributed by atoms with Crippen molar-refractivity contribution in [3.63, 3.8) is 0 Å². The largest absolute Gasteiger partial charge is 0.499 e. The summed E-state index contributed by atoms with van der Waals surface area (Å²) in [6.45, 7) is 7.91. The molecule has 0 aliphatic heterocycles. The first-order chi connectivity index (χ1) is 6.77.